The van der Waals surface area contributed by atoms with E-state index in [4.69, 9.17) is 19.1 Å². The fraction of sp³-hybridized carbons (Fsp3) is 0.333. The van der Waals surface area contributed by atoms with Crippen molar-refractivity contribution in [3.8, 4) is 0 Å². The molecule has 0 bridgehead atoms. The van der Waals surface area contributed by atoms with Gasteiger partial charge in [0.1, 0.15) is 0 Å². The van der Waals surface area contributed by atoms with Gasteiger partial charge in [-0.3, -0.25) is 4.57 Å². The molecule has 0 amide bonds. The molecule has 0 fully saturated rings. The van der Waals surface area contributed by atoms with E-state index in [0.29, 0.717) is 13.2 Å². The Morgan fingerprint density at radius 1 is 1.27 bits per heavy atom. The molecule has 2 N–H and O–H groups in total. The zero-order valence-electron chi connectivity index (χ0n) is 6.19. The Morgan fingerprint density at radius 2 is 1.55 bits per heavy atom. The van der Waals surface area contributed by atoms with Gasteiger partial charge < -0.3 is 14.5 Å². The van der Waals surface area contributed by atoms with Crippen LogP contribution in [0.5, 0.6) is 0 Å². The van der Waals surface area contributed by atoms with Crippen molar-refractivity contribution in [3.63, 3.8) is 0 Å². The van der Waals surface area contributed by atoms with Crippen LogP contribution in [0.25, 0.3) is 0 Å². The fourth-order valence-electron chi connectivity index (χ4n) is 0.235. The molecule has 66 valence electrons. The summed E-state index contributed by atoms with van der Waals surface area (Å²) in [4.78, 5) is 14.3. The lowest BCUT2D eigenvalue weighted by Crippen LogP contribution is -1.87. The molecule has 0 aromatic heterocycles. The van der Waals surface area contributed by atoms with E-state index in [1.54, 1.807) is 12.2 Å². The molecule has 0 atom stereocenters. The molecule has 11 heavy (non-hydrogen) atoms. The lowest BCUT2D eigenvalue weighted by molar-refractivity contribution is 0.194. The normalized spacial score (nSPS) is 8.27. The Morgan fingerprint density at radius 3 is 1.73 bits per heavy atom. The SMILES string of the molecule is C=CCOCC=C.O=[PH](O)O. The molecular formula is C6H13O4P. The van der Waals surface area contributed by atoms with Gasteiger partial charge in [-0.1, -0.05) is 12.2 Å². The van der Waals surface area contributed by atoms with E-state index in [0.717, 1.165) is 0 Å². The Labute approximate surface area is 66.8 Å². The largest absolute Gasteiger partial charge is 0.373 e. The van der Waals surface area contributed by atoms with Gasteiger partial charge in [-0.05, 0) is 0 Å². The molecule has 5 heteroatoms. The van der Waals surface area contributed by atoms with Gasteiger partial charge in [0.15, 0.2) is 0 Å². The molecule has 0 rings (SSSR count). The number of hydrogen-bond donors (Lipinski definition) is 2. The average molecular weight is 180 g/mol. The third-order valence-electron chi connectivity index (χ3n) is 0.471. The third-order valence-corrected chi connectivity index (χ3v) is 0.471. The second-order valence-electron chi connectivity index (χ2n) is 1.40. The quantitative estimate of drug-likeness (QED) is 0.380. The summed E-state index contributed by atoms with van der Waals surface area (Å²) < 4.78 is 13.6. The summed E-state index contributed by atoms with van der Waals surface area (Å²) in [7, 11) is -3.13. The summed E-state index contributed by atoms with van der Waals surface area (Å²) in [6.07, 6.45) is 3.42. The number of rotatable bonds is 4. The topological polar surface area (TPSA) is 66.8 Å². The molecule has 0 aliphatic carbocycles. The first-order valence-corrected chi connectivity index (χ1v) is 4.16. The molecule has 0 saturated heterocycles. The summed E-state index contributed by atoms with van der Waals surface area (Å²) in [5.41, 5.74) is 0. The zero-order valence-corrected chi connectivity index (χ0v) is 7.19. The summed E-state index contributed by atoms with van der Waals surface area (Å²) in [5, 5.41) is 0. The van der Waals surface area contributed by atoms with Crippen molar-refractivity contribution in [2.45, 2.75) is 0 Å². The maximum atomic E-state index is 8.74. The number of ether oxygens (including phenoxy) is 1. The van der Waals surface area contributed by atoms with E-state index in [-0.39, 0.29) is 0 Å². The van der Waals surface area contributed by atoms with Gasteiger partial charge in [-0.2, -0.15) is 0 Å². The standard InChI is InChI=1S/C6H10O.H3O3P/c1-3-5-7-6-4-2;1-4(2)3/h3-4H,1-2,5-6H2;4H,(H2,1,2,3). The summed E-state index contributed by atoms with van der Waals surface area (Å²) in [5.74, 6) is 0. The highest BCUT2D eigenvalue weighted by Crippen LogP contribution is 1.98. The molecule has 4 nitrogen and oxygen atoms in total. The molecule has 0 spiro atoms. The lowest BCUT2D eigenvalue weighted by Gasteiger charge is -1.89. The molecule has 0 aliphatic heterocycles. The van der Waals surface area contributed by atoms with Crippen LogP contribution in [0.15, 0.2) is 25.3 Å². The first kappa shape index (κ1) is 13.2. The second-order valence-corrected chi connectivity index (χ2v) is 1.96. The van der Waals surface area contributed by atoms with Gasteiger partial charge in [0.05, 0.1) is 13.2 Å². The van der Waals surface area contributed by atoms with E-state index >= 15 is 0 Å². The zero-order chi connectivity index (χ0) is 9.11. The first-order chi connectivity index (χ1) is 5.15. The summed E-state index contributed by atoms with van der Waals surface area (Å²) in [6.45, 7) is 8.18. The van der Waals surface area contributed by atoms with Crippen molar-refractivity contribution in [2.24, 2.45) is 0 Å². The van der Waals surface area contributed by atoms with Crippen LogP contribution in [0.3, 0.4) is 0 Å². The summed E-state index contributed by atoms with van der Waals surface area (Å²) in [6, 6.07) is 0. The van der Waals surface area contributed by atoms with E-state index in [9.17, 15) is 0 Å². The van der Waals surface area contributed by atoms with E-state index in [1.165, 1.54) is 0 Å². The van der Waals surface area contributed by atoms with Gasteiger partial charge >= 0.3 is 8.25 Å². The van der Waals surface area contributed by atoms with Crippen molar-refractivity contribution in [1.29, 1.82) is 0 Å². The van der Waals surface area contributed by atoms with Crippen LogP contribution >= 0.6 is 8.25 Å². The molecule has 0 saturated carbocycles. The molecule has 0 aromatic rings. The molecule has 0 heterocycles. The van der Waals surface area contributed by atoms with Gasteiger partial charge in [0.2, 0.25) is 0 Å². The molecule has 0 unspecified atom stereocenters. The minimum Gasteiger partial charge on any atom is -0.373 e. The van der Waals surface area contributed by atoms with Crippen molar-refractivity contribution in [2.75, 3.05) is 13.2 Å². The monoisotopic (exact) mass is 180 g/mol. The third kappa shape index (κ3) is 42.9. The predicted octanol–water partition coefficient (Wildman–Crippen LogP) is 0.736. The van der Waals surface area contributed by atoms with Gasteiger partial charge in [-0.25, -0.2) is 0 Å². The van der Waals surface area contributed by atoms with E-state index in [2.05, 4.69) is 13.2 Å². The molecule has 0 aliphatic rings. The maximum absolute atomic E-state index is 8.74. The van der Waals surface area contributed by atoms with Crippen molar-refractivity contribution >= 4 is 8.25 Å². The number of hydrogen-bond acceptors (Lipinski definition) is 2. The van der Waals surface area contributed by atoms with Crippen LogP contribution in [-0.4, -0.2) is 23.0 Å². The Hall–Kier alpha value is -0.410. The molecule has 0 radical (unpaired) electrons. The highest BCUT2D eigenvalue weighted by atomic mass is 31.1. The minimum absolute atomic E-state index is 0.617. The fourth-order valence-corrected chi connectivity index (χ4v) is 0.235. The predicted molar refractivity (Wildman–Crippen MR) is 44.7 cm³/mol. The second kappa shape index (κ2) is 12.3. The first-order valence-electron chi connectivity index (χ1n) is 2.86. The van der Waals surface area contributed by atoms with Crippen LogP contribution in [-0.2, 0) is 9.30 Å². The smallest absolute Gasteiger partial charge is 0.314 e. The lowest BCUT2D eigenvalue weighted by atomic mass is 10.6. The minimum atomic E-state index is -3.13. The Balaban J connectivity index is 0. The van der Waals surface area contributed by atoms with E-state index < -0.39 is 8.25 Å². The highest BCUT2D eigenvalue weighted by molar-refractivity contribution is 7.30. The Kier molecular flexibility index (Phi) is 14.7. The summed E-state index contributed by atoms with van der Waals surface area (Å²) >= 11 is 0. The van der Waals surface area contributed by atoms with Crippen molar-refractivity contribution < 1.29 is 19.1 Å². The highest BCUT2D eigenvalue weighted by Gasteiger charge is 1.70. The maximum Gasteiger partial charge on any atom is 0.314 e. The van der Waals surface area contributed by atoms with Gasteiger partial charge in [0, 0.05) is 0 Å². The molecule has 0 aromatic carbocycles. The van der Waals surface area contributed by atoms with Crippen LogP contribution < -0.4 is 0 Å². The van der Waals surface area contributed by atoms with Crippen molar-refractivity contribution in [1.82, 2.24) is 0 Å². The molecular weight excluding hydrogens is 167 g/mol. The average Bonchev–Trinajstić information content (AvgIpc) is 1.88. The van der Waals surface area contributed by atoms with E-state index in [1.807, 2.05) is 0 Å². The van der Waals surface area contributed by atoms with Crippen LogP contribution in [0.1, 0.15) is 0 Å². The van der Waals surface area contributed by atoms with Gasteiger partial charge in [0.25, 0.3) is 0 Å². The van der Waals surface area contributed by atoms with Crippen molar-refractivity contribution in [3.05, 3.63) is 25.3 Å². The van der Waals surface area contributed by atoms with Crippen LogP contribution in [0.4, 0.5) is 0 Å². The van der Waals surface area contributed by atoms with Gasteiger partial charge in [-0.15, -0.1) is 13.2 Å². The van der Waals surface area contributed by atoms with Crippen LogP contribution in [0, 0.1) is 0 Å². The Bertz CT molecular complexity index is 112. The van der Waals surface area contributed by atoms with Crippen LogP contribution in [0.2, 0.25) is 0 Å².